The molecule has 0 aliphatic rings. The van der Waals surface area contributed by atoms with Crippen molar-refractivity contribution in [2.75, 3.05) is 17.7 Å². The molecule has 0 radical (unpaired) electrons. The van der Waals surface area contributed by atoms with Gasteiger partial charge < -0.3 is 10.1 Å². The zero-order valence-electron chi connectivity index (χ0n) is 8.93. The van der Waals surface area contributed by atoms with Crippen LogP contribution in [0.3, 0.4) is 0 Å². The predicted octanol–water partition coefficient (Wildman–Crippen LogP) is 2.68. The number of carbonyl (C=O) groups excluding carboxylic acids is 1. The van der Waals surface area contributed by atoms with Crippen molar-refractivity contribution in [3.8, 4) is 0 Å². The topological polar surface area (TPSA) is 38.3 Å². The second kappa shape index (κ2) is 7.24. The molecule has 0 unspecified atom stereocenters. The van der Waals surface area contributed by atoms with Crippen LogP contribution >= 0.6 is 24.0 Å². The molecule has 1 aromatic rings. The summed E-state index contributed by atoms with van der Waals surface area (Å²) in [6, 6.07) is 9.59. The van der Waals surface area contributed by atoms with Gasteiger partial charge >= 0.3 is 5.97 Å². The number of esters is 1. The summed E-state index contributed by atoms with van der Waals surface area (Å²) in [5.41, 5.74) is 0.920. The molecule has 5 heteroatoms. The van der Waals surface area contributed by atoms with Gasteiger partial charge in [-0.2, -0.15) is 0 Å². The molecule has 0 fully saturated rings. The van der Waals surface area contributed by atoms with Crippen molar-refractivity contribution in [2.24, 2.45) is 0 Å². The molecule has 86 valence electrons. The maximum Gasteiger partial charge on any atom is 0.316 e. The lowest BCUT2D eigenvalue weighted by atomic mass is 10.3. The number of carbonyl (C=O) groups is 1. The van der Waals surface area contributed by atoms with E-state index in [1.165, 1.54) is 11.8 Å². The Morgan fingerprint density at radius 1 is 1.44 bits per heavy atom. The lowest BCUT2D eigenvalue weighted by Gasteiger charge is -2.06. The Kier molecular flexibility index (Phi) is 5.88. The summed E-state index contributed by atoms with van der Waals surface area (Å²) in [5, 5.41) is 3.03. The average Bonchev–Trinajstić information content (AvgIpc) is 2.28. The summed E-state index contributed by atoms with van der Waals surface area (Å²) >= 11 is 6.35. The van der Waals surface area contributed by atoms with Crippen molar-refractivity contribution in [2.45, 2.75) is 6.92 Å². The minimum absolute atomic E-state index is 0.243. The van der Waals surface area contributed by atoms with Gasteiger partial charge in [-0.25, -0.2) is 0 Å². The van der Waals surface area contributed by atoms with Crippen LogP contribution in [0.5, 0.6) is 0 Å². The summed E-state index contributed by atoms with van der Waals surface area (Å²) in [7, 11) is 0. The van der Waals surface area contributed by atoms with Crippen molar-refractivity contribution < 1.29 is 9.53 Å². The summed E-state index contributed by atoms with van der Waals surface area (Å²) < 4.78 is 5.36. The lowest BCUT2D eigenvalue weighted by molar-refractivity contribution is -0.139. The number of rotatable bonds is 4. The second-order valence-electron chi connectivity index (χ2n) is 2.87. The Balaban J connectivity index is 2.29. The Morgan fingerprint density at radius 3 is 2.75 bits per heavy atom. The Hall–Kier alpha value is -1.07. The fourth-order valence-electron chi connectivity index (χ4n) is 1.00. The summed E-state index contributed by atoms with van der Waals surface area (Å²) in [6.45, 7) is 2.18. The zero-order valence-corrected chi connectivity index (χ0v) is 10.6. The molecule has 0 saturated heterocycles. The number of nitrogens with one attached hydrogen (secondary N) is 1. The monoisotopic (exact) mass is 255 g/mol. The highest BCUT2D eigenvalue weighted by Crippen LogP contribution is 2.11. The molecule has 3 nitrogen and oxygen atoms in total. The van der Waals surface area contributed by atoms with E-state index in [2.05, 4.69) is 5.32 Å². The average molecular weight is 255 g/mol. The van der Waals surface area contributed by atoms with Gasteiger partial charge in [0, 0.05) is 5.69 Å². The molecule has 0 amide bonds. The summed E-state index contributed by atoms with van der Waals surface area (Å²) in [6.07, 6.45) is 0. The molecule has 16 heavy (non-hydrogen) atoms. The number of hydrogen-bond donors (Lipinski definition) is 1. The van der Waals surface area contributed by atoms with Crippen LogP contribution in [-0.2, 0) is 9.53 Å². The normalized spacial score (nSPS) is 9.56. The highest BCUT2D eigenvalue weighted by atomic mass is 32.2. The summed E-state index contributed by atoms with van der Waals surface area (Å²) in [4.78, 5) is 11.1. The van der Waals surface area contributed by atoms with E-state index in [1.54, 1.807) is 6.92 Å². The van der Waals surface area contributed by atoms with Crippen LogP contribution in [0.25, 0.3) is 0 Å². The van der Waals surface area contributed by atoms with Gasteiger partial charge in [0.1, 0.15) is 4.32 Å². The van der Waals surface area contributed by atoms with Crippen LogP contribution in [-0.4, -0.2) is 22.6 Å². The van der Waals surface area contributed by atoms with Gasteiger partial charge in [-0.05, 0) is 19.1 Å². The largest absolute Gasteiger partial charge is 0.465 e. The van der Waals surface area contributed by atoms with Crippen LogP contribution in [0.15, 0.2) is 30.3 Å². The molecular weight excluding hydrogens is 242 g/mol. The number of para-hydroxylation sites is 1. The molecule has 0 aromatic heterocycles. The maximum atomic E-state index is 11.1. The fourth-order valence-corrected chi connectivity index (χ4v) is 1.82. The number of thiocarbonyl (C=S) groups is 1. The SMILES string of the molecule is CCOC(=O)CSC(=S)Nc1ccccc1. The van der Waals surface area contributed by atoms with Crippen molar-refractivity contribution >= 4 is 40.0 Å². The highest BCUT2D eigenvalue weighted by molar-refractivity contribution is 8.23. The molecule has 0 saturated carbocycles. The third kappa shape index (κ3) is 5.14. The van der Waals surface area contributed by atoms with Crippen LogP contribution in [0.2, 0.25) is 0 Å². The fraction of sp³-hybridized carbons (Fsp3) is 0.273. The molecule has 1 aromatic carbocycles. The first-order valence-electron chi connectivity index (χ1n) is 4.87. The molecular formula is C11H13NO2S2. The van der Waals surface area contributed by atoms with E-state index in [0.29, 0.717) is 10.9 Å². The van der Waals surface area contributed by atoms with Gasteiger partial charge in [0.2, 0.25) is 0 Å². The number of ether oxygens (including phenoxy) is 1. The van der Waals surface area contributed by atoms with E-state index < -0.39 is 0 Å². The Labute approximate surface area is 105 Å². The smallest absolute Gasteiger partial charge is 0.316 e. The van der Waals surface area contributed by atoms with Gasteiger partial charge in [-0.3, -0.25) is 4.79 Å². The third-order valence-corrected chi connectivity index (χ3v) is 2.85. The van der Waals surface area contributed by atoms with Gasteiger partial charge in [0.25, 0.3) is 0 Å². The van der Waals surface area contributed by atoms with Crippen LogP contribution in [0.4, 0.5) is 5.69 Å². The summed E-state index contributed by atoms with van der Waals surface area (Å²) in [5.74, 6) is -0.00307. The second-order valence-corrected chi connectivity index (χ2v) is 4.52. The minimum Gasteiger partial charge on any atom is -0.465 e. The van der Waals surface area contributed by atoms with Crippen molar-refractivity contribution in [3.63, 3.8) is 0 Å². The van der Waals surface area contributed by atoms with Gasteiger partial charge in [0.05, 0.1) is 12.4 Å². The standard InChI is InChI=1S/C11H13NO2S2/c1-2-14-10(13)8-16-11(15)12-9-6-4-3-5-7-9/h3-7H,2,8H2,1H3,(H,12,15). The van der Waals surface area contributed by atoms with Gasteiger partial charge in [-0.1, -0.05) is 42.2 Å². The number of thioether (sulfide) groups is 1. The first-order valence-corrected chi connectivity index (χ1v) is 6.26. The molecule has 0 atom stereocenters. The molecule has 0 aliphatic carbocycles. The molecule has 0 aliphatic heterocycles. The first-order chi connectivity index (χ1) is 7.72. The van der Waals surface area contributed by atoms with Crippen molar-refractivity contribution in [1.29, 1.82) is 0 Å². The van der Waals surface area contributed by atoms with E-state index in [1.807, 2.05) is 30.3 Å². The molecule has 1 rings (SSSR count). The van der Waals surface area contributed by atoms with Crippen LogP contribution in [0.1, 0.15) is 6.92 Å². The quantitative estimate of drug-likeness (QED) is 0.661. The molecule has 0 heterocycles. The van der Waals surface area contributed by atoms with Crippen LogP contribution < -0.4 is 5.32 Å². The number of benzene rings is 1. The van der Waals surface area contributed by atoms with E-state index >= 15 is 0 Å². The maximum absolute atomic E-state index is 11.1. The van der Waals surface area contributed by atoms with E-state index in [9.17, 15) is 4.79 Å². The van der Waals surface area contributed by atoms with Crippen molar-refractivity contribution in [3.05, 3.63) is 30.3 Å². The predicted molar refractivity (Wildman–Crippen MR) is 71.8 cm³/mol. The number of hydrogen-bond acceptors (Lipinski definition) is 4. The number of anilines is 1. The van der Waals surface area contributed by atoms with Gasteiger partial charge in [0.15, 0.2) is 0 Å². The highest BCUT2D eigenvalue weighted by Gasteiger charge is 2.04. The third-order valence-electron chi connectivity index (χ3n) is 1.65. The molecule has 1 N–H and O–H groups in total. The van der Waals surface area contributed by atoms with E-state index in [0.717, 1.165) is 5.69 Å². The van der Waals surface area contributed by atoms with Crippen molar-refractivity contribution in [1.82, 2.24) is 0 Å². The Morgan fingerprint density at radius 2 is 2.12 bits per heavy atom. The molecule has 0 bridgehead atoms. The molecule has 0 spiro atoms. The zero-order chi connectivity index (χ0) is 11.8. The van der Waals surface area contributed by atoms with E-state index in [-0.39, 0.29) is 11.7 Å². The van der Waals surface area contributed by atoms with E-state index in [4.69, 9.17) is 17.0 Å². The first kappa shape index (κ1) is 13.0. The Bertz CT molecular complexity index is 354. The lowest BCUT2D eigenvalue weighted by Crippen LogP contribution is -2.11. The minimum atomic E-state index is -0.246. The van der Waals surface area contributed by atoms with Gasteiger partial charge in [-0.15, -0.1) is 0 Å². The van der Waals surface area contributed by atoms with Crippen LogP contribution in [0, 0.1) is 0 Å².